The van der Waals surface area contributed by atoms with Gasteiger partial charge in [0.05, 0.1) is 6.61 Å². The highest BCUT2D eigenvalue weighted by Gasteiger charge is 2.51. The lowest BCUT2D eigenvalue weighted by atomic mass is 10.2. The number of urea groups is 1. The summed E-state index contributed by atoms with van der Waals surface area (Å²) in [6, 6.07) is -0.601. The Morgan fingerprint density at radius 2 is 2.11 bits per heavy atom. The van der Waals surface area contributed by atoms with E-state index in [2.05, 4.69) is 10.3 Å². The summed E-state index contributed by atoms with van der Waals surface area (Å²) in [6.45, 7) is 6.36. The Hall–Kier alpha value is -1.28. The summed E-state index contributed by atoms with van der Waals surface area (Å²) in [4.78, 5) is 25.6. The number of nitrogens with one attached hydrogen (secondary N) is 2. The number of alkyl carbamates (subject to hydrolysis) is 1. The van der Waals surface area contributed by atoms with E-state index in [1.54, 1.807) is 6.92 Å². The molecule has 1 unspecified atom stereocenters. The van der Waals surface area contributed by atoms with Crippen molar-refractivity contribution in [1.82, 2.24) is 10.3 Å². The van der Waals surface area contributed by atoms with Gasteiger partial charge in [-0.1, -0.05) is 0 Å². The summed E-state index contributed by atoms with van der Waals surface area (Å²) in [5.74, 6) is 0. The highest BCUT2D eigenvalue weighted by atomic mass is 28.3. The molecule has 0 aromatic heterocycles. The third-order valence-electron chi connectivity index (χ3n) is 3.30. The average molecular weight is 289 g/mol. The van der Waals surface area contributed by atoms with Crippen molar-refractivity contribution in [2.75, 3.05) is 13.2 Å². The third-order valence-corrected chi connectivity index (χ3v) is 6.71. The van der Waals surface area contributed by atoms with Gasteiger partial charge in [0.1, 0.15) is 5.35 Å². The second-order valence-electron chi connectivity index (χ2n) is 5.09. The van der Waals surface area contributed by atoms with Crippen LogP contribution in [0.15, 0.2) is 0 Å². The topological polar surface area (TPSA) is 103 Å². The van der Waals surface area contributed by atoms with Crippen molar-refractivity contribution < 1.29 is 19.1 Å². The van der Waals surface area contributed by atoms with E-state index in [1.807, 2.05) is 13.1 Å². The van der Waals surface area contributed by atoms with Gasteiger partial charge in [-0.2, -0.15) is 0 Å². The molecule has 0 aliphatic carbocycles. The first-order valence-corrected chi connectivity index (χ1v) is 9.49. The molecule has 1 aliphatic heterocycles. The molecule has 0 bridgehead atoms. The molecule has 1 fully saturated rings. The zero-order valence-electron chi connectivity index (χ0n) is 11.7. The molecule has 8 heteroatoms. The molecule has 19 heavy (non-hydrogen) atoms. The molecule has 110 valence electrons. The van der Waals surface area contributed by atoms with Gasteiger partial charge in [0.25, 0.3) is 0 Å². The number of rotatable bonds is 4. The van der Waals surface area contributed by atoms with Crippen LogP contribution in [0.2, 0.25) is 13.1 Å². The lowest BCUT2D eigenvalue weighted by Crippen LogP contribution is -2.74. The van der Waals surface area contributed by atoms with Crippen LogP contribution in [0.5, 0.6) is 0 Å². The molecule has 3 amide bonds. The van der Waals surface area contributed by atoms with Crippen LogP contribution in [0, 0.1) is 0 Å². The first-order valence-electron chi connectivity index (χ1n) is 6.49. The minimum absolute atomic E-state index is 0.285. The number of ether oxygens (including phenoxy) is 2. The Balaban J connectivity index is 2.91. The summed E-state index contributed by atoms with van der Waals surface area (Å²) < 4.78 is 10.7. The summed E-state index contributed by atoms with van der Waals surface area (Å²) in [6.07, 6.45) is 1.97. The third kappa shape index (κ3) is 3.84. The highest BCUT2D eigenvalue weighted by molar-refractivity contribution is 6.79. The van der Waals surface area contributed by atoms with E-state index in [0.29, 0.717) is 13.0 Å². The molecule has 1 aliphatic rings. The summed E-state index contributed by atoms with van der Waals surface area (Å²) >= 11 is 0. The van der Waals surface area contributed by atoms with Gasteiger partial charge in [0, 0.05) is 6.61 Å². The lowest BCUT2D eigenvalue weighted by molar-refractivity contribution is -0.0475. The Morgan fingerprint density at radius 3 is 2.58 bits per heavy atom. The van der Waals surface area contributed by atoms with E-state index in [9.17, 15) is 9.59 Å². The van der Waals surface area contributed by atoms with Crippen molar-refractivity contribution in [1.29, 1.82) is 0 Å². The summed E-state index contributed by atoms with van der Waals surface area (Å²) in [5.41, 5.74) is 5.22. The van der Waals surface area contributed by atoms with Gasteiger partial charge >= 0.3 is 12.1 Å². The van der Waals surface area contributed by atoms with Crippen molar-refractivity contribution in [3.05, 3.63) is 0 Å². The van der Waals surface area contributed by atoms with Gasteiger partial charge in [0.2, 0.25) is 8.24 Å². The van der Waals surface area contributed by atoms with Gasteiger partial charge in [-0.25, -0.2) is 4.79 Å². The quantitative estimate of drug-likeness (QED) is 0.673. The SMILES string of the molecule is CCOC(=O)NC1([Si](C)(C)NC(N)=O)CCCCO1. The Bertz CT molecular complexity index is 343. The lowest BCUT2D eigenvalue weighted by Gasteiger charge is -2.46. The molecular formula is C11H23N3O4Si. The van der Waals surface area contributed by atoms with E-state index in [1.165, 1.54) is 0 Å². The van der Waals surface area contributed by atoms with Crippen molar-refractivity contribution in [3.63, 3.8) is 0 Å². The fourth-order valence-corrected chi connectivity index (χ4v) is 4.78. The number of carbonyl (C=O) groups is 2. The molecule has 1 atom stereocenters. The fraction of sp³-hybridized carbons (Fsp3) is 0.818. The molecule has 7 nitrogen and oxygen atoms in total. The minimum Gasteiger partial charge on any atom is -0.450 e. The van der Waals surface area contributed by atoms with Crippen LogP contribution >= 0.6 is 0 Å². The first kappa shape index (κ1) is 15.8. The molecular weight excluding hydrogens is 266 g/mol. The number of hydrogen-bond acceptors (Lipinski definition) is 4. The number of primary amides is 1. The second kappa shape index (κ2) is 6.24. The molecule has 4 N–H and O–H groups in total. The minimum atomic E-state index is -2.47. The Labute approximate surface area is 114 Å². The van der Waals surface area contributed by atoms with Gasteiger partial charge in [0.15, 0.2) is 0 Å². The van der Waals surface area contributed by atoms with Crippen LogP contribution in [-0.2, 0) is 9.47 Å². The monoisotopic (exact) mass is 289 g/mol. The number of nitrogens with two attached hydrogens (primary N) is 1. The largest absolute Gasteiger partial charge is 0.450 e. The summed E-state index contributed by atoms with van der Waals surface area (Å²) in [5, 5.41) is 1.92. The number of amides is 3. The molecule has 1 heterocycles. The van der Waals surface area contributed by atoms with Crippen LogP contribution in [0.3, 0.4) is 0 Å². The predicted molar refractivity (Wildman–Crippen MR) is 72.9 cm³/mol. The van der Waals surface area contributed by atoms with Crippen LogP contribution in [-0.4, -0.2) is 38.9 Å². The van der Waals surface area contributed by atoms with Crippen molar-refractivity contribution in [2.45, 2.75) is 44.6 Å². The van der Waals surface area contributed by atoms with Gasteiger partial charge in [-0.15, -0.1) is 0 Å². The summed E-state index contributed by atoms with van der Waals surface area (Å²) in [7, 11) is -2.47. The maximum atomic E-state index is 11.7. The van der Waals surface area contributed by atoms with Gasteiger partial charge in [-0.3, -0.25) is 10.1 Å². The zero-order chi connectivity index (χ0) is 14.5. The Morgan fingerprint density at radius 1 is 1.42 bits per heavy atom. The Kier molecular flexibility index (Phi) is 5.18. The predicted octanol–water partition coefficient (Wildman–Crippen LogP) is 1.04. The van der Waals surface area contributed by atoms with Crippen LogP contribution in [0.4, 0.5) is 9.59 Å². The van der Waals surface area contributed by atoms with E-state index in [4.69, 9.17) is 15.2 Å². The van der Waals surface area contributed by atoms with Gasteiger partial charge in [-0.05, 0) is 39.3 Å². The van der Waals surface area contributed by atoms with Gasteiger partial charge < -0.3 is 20.2 Å². The number of hydrogen-bond donors (Lipinski definition) is 3. The zero-order valence-corrected chi connectivity index (χ0v) is 12.7. The molecule has 0 radical (unpaired) electrons. The smallest absolute Gasteiger partial charge is 0.409 e. The molecule has 0 saturated carbocycles. The molecule has 0 aromatic carbocycles. The number of carbonyl (C=O) groups excluding carboxylic acids is 2. The van der Waals surface area contributed by atoms with E-state index in [0.717, 1.165) is 12.8 Å². The van der Waals surface area contributed by atoms with Crippen molar-refractivity contribution in [3.8, 4) is 0 Å². The maximum Gasteiger partial charge on any atom is 0.409 e. The molecule has 0 spiro atoms. The van der Waals surface area contributed by atoms with E-state index < -0.39 is 25.7 Å². The average Bonchev–Trinajstić information content (AvgIpc) is 2.28. The van der Waals surface area contributed by atoms with Crippen LogP contribution in [0.1, 0.15) is 26.2 Å². The molecule has 1 saturated heterocycles. The second-order valence-corrected chi connectivity index (χ2v) is 9.40. The maximum absolute atomic E-state index is 11.7. The first-order chi connectivity index (χ1) is 8.83. The molecule has 1 rings (SSSR count). The van der Waals surface area contributed by atoms with E-state index in [-0.39, 0.29) is 6.61 Å². The van der Waals surface area contributed by atoms with Crippen molar-refractivity contribution in [2.24, 2.45) is 5.73 Å². The molecule has 0 aromatic rings. The van der Waals surface area contributed by atoms with E-state index >= 15 is 0 Å². The standard InChI is InChI=1S/C11H23N3O4Si/c1-4-17-10(16)13-11(7-5-6-8-18-11)19(2,3)14-9(12)15/h4-8H2,1-3H3,(H,13,16)(H3,12,14,15). The normalized spacial score (nSPS) is 23.5. The van der Waals surface area contributed by atoms with Crippen LogP contribution in [0.25, 0.3) is 0 Å². The highest BCUT2D eigenvalue weighted by Crippen LogP contribution is 2.30. The fourth-order valence-electron chi connectivity index (χ4n) is 2.28. The van der Waals surface area contributed by atoms with Crippen LogP contribution < -0.4 is 16.0 Å². The van der Waals surface area contributed by atoms with Crippen molar-refractivity contribution >= 4 is 20.4 Å².